The average molecular weight is 523 g/mol. The number of ether oxygens (including phenoxy) is 3. The lowest BCUT2D eigenvalue weighted by Gasteiger charge is -2.25. The molecule has 0 radical (unpaired) electrons. The molecule has 10 heteroatoms. The Bertz CT molecular complexity index is 1480. The molecule has 9 nitrogen and oxygen atoms in total. The van der Waals surface area contributed by atoms with Crippen LogP contribution in [-0.2, 0) is 11.3 Å². The Balaban J connectivity index is 1.65. The first-order valence-electron chi connectivity index (χ1n) is 11.8. The molecule has 1 aliphatic heterocycles. The van der Waals surface area contributed by atoms with Crippen LogP contribution >= 0.6 is 11.6 Å². The van der Waals surface area contributed by atoms with Gasteiger partial charge in [-0.25, -0.2) is 9.78 Å². The highest BCUT2D eigenvalue weighted by Crippen LogP contribution is 2.46. The molecule has 4 aromatic rings. The van der Waals surface area contributed by atoms with Crippen LogP contribution in [0.5, 0.6) is 11.5 Å². The number of methoxy groups -OCH3 is 2. The Morgan fingerprint density at radius 3 is 2.68 bits per heavy atom. The Morgan fingerprint density at radius 1 is 1.16 bits per heavy atom. The summed E-state index contributed by atoms with van der Waals surface area (Å²) < 4.78 is 21.9. The number of imidazole rings is 1. The molecule has 0 fully saturated rings. The van der Waals surface area contributed by atoms with Gasteiger partial charge in [0.1, 0.15) is 18.0 Å². The second kappa shape index (κ2) is 9.91. The average Bonchev–Trinajstić information content (AvgIpc) is 3.45. The summed E-state index contributed by atoms with van der Waals surface area (Å²) >= 11 is 6.50. The van der Waals surface area contributed by atoms with Crippen molar-refractivity contribution in [3.8, 4) is 17.2 Å². The number of hydrogen-bond acceptors (Lipinski definition) is 6. The minimum absolute atomic E-state index is 0.135. The van der Waals surface area contributed by atoms with Crippen molar-refractivity contribution >= 4 is 17.6 Å². The quantitative estimate of drug-likeness (QED) is 0.351. The molecule has 0 bridgehead atoms. The molecule has 0 saturated heterocycles. The smallest absolute Gasteiger partial charge is 0.338 e. The second-order valence-electron chi connectivity index (χ2n) is 8.85. The highest BCUT2D eigenvalue weighted by atomic mass is 35.5. The standard InChI is InChI=1S/C27H27ClN4O5/c1-15-16(2)32-21-9-8-18(28)12-20(21)24(19-6-5-7-22(35-3)25(19)36-4)37-23(26(32)30-15)10-11-31-14-17(13-29-31)27(33)34/h5-9,12-14,23-24H,10-11H2,1-4H3,(H,33,34)/t23-,24-/m1/s1. The molecular formula is C27H27ClN4O5. The van der Waals surface area contributed by atoms with Gasteiger partial charge in [-0.2, -0.15) is 5.10 Å². The van der Waals surface area contributed by atoms with Gasteiger partial charge in [0.2, 0.25) is 0 Å². The van der Waals surface area contributed by atoms with E-state index in [-0.39, 0.29) is 5.56 Å². The fourth-order valence-electron chi connectivity index (χ4n) is 4.80. The molecule has 5 rings (SSSR count). The highest BCUT2D eigenvalue weighted by molar-refractivity contribution is 6.30. The number of nitrogens with zero attached hydrogens (tertiary/aromatic N) is 4. The largest absolute Gasteiger partial charge is 0.493 e. The van der Waals surface area contributed by atoms with E-state index in [1.54, 1.807) is 18.9 Å². The molecule has 2 aromatic carbocycles. The number of hydrogen-bond donors (Lipinski definition) is 1. The van der Waals surface area contributed by atoms with Crippen molar-refractivity contribution in [2.45, 2.75) is 39.0 Å². The van der Waals surface area contributed by atoms with Gasteiger partial charge in [0.15, 0.2) is 11.5 Å². The first-order valence-corrected chi connectivity index (χ1v) is 12.2. The van der Waals surface area contributed by atoms with Crippen LogP contribution in [0.2, 0.25) is 5.02 Å². The molecule has 0 saturated carbocycles. The lowest BCUT2D eigenvalue weighted by atomic mass is 9.98. The van der Waals surface area contributed by atoms with E-state index in [0.717, 1.165) is 34.0 Å². The zero-order chi connectivity index (χ0) is 26.3. The molecule has 1 N–H and O–H groups in total. The molecule has 2 aromatic heterocycles. The maximum absolute atomic E-state index is 11.3. The Morgan fingerprint density at radius 2 is 1.97 bits per heavy atom. The van der Waals surface area contributed by atoms with Gasteiger partial charge >= 0.3 is 5.97 Å². The summed E-state index contributed by atoms with van der Waals surface area (Å²) in [5.74, 6) is 0.908. The van der Waals surface area contributed by atoms with Crippen LogP contribution in [0.3, 0.4) is 0 Å². The third kappa shape index (κ3) is 4.45. The van der Waals surface area contributed by atoms with Gasteiger partial charge < -0.3 is 19.3 Å². The lowest BCUT2D eigenvalue weighted by Crippen LogP contribution is -2.15. The van der Waals surface area contributed by atoms with Crippen LogP contribution in [0.1, 0.15) is 57.3 Å². The van der Waals surface area contributed by atoms with Gasteiger partial charge in [-0.1, -0.05) is 23.7 Å². The first-order chi connectivity index (χ1) is 17.8. The summed E-state index contributed by atoms with van der Waals surface area (Å²) in [5.41, 5.74) is 4.61. The molecule has 3 heterocycles. The summed E-state index contributed by atoms with van der Waals surface area (Å²) in [6.45, 7) is 4.43. The lowest BCUT2D eigenvalue weighted by molar-refractivity contribution is -0.00415. The van der Waals surface area contributed by atoms with E-state index in [1.807, 2.05) is 50.2 Å². The van der Waals surface area contributed by atoms with Gasteiger partial charge in [0.05, 0.1) is 37.4 Å². The van der Waals surface area contributed by atoms with Crippen molar-refractivity contribution < 1.29 is 24.1 Å². The van der Waals surface area contributed by atoms with Gasteiger partial charge in [-0.15, -0.1) is 0 Å². The van der Waals surface area contributed by atoms with Crippen molar-refractivity contribution in [2.24, 2.45) is 0 Å². The second-order valence-corrected chi connectivity index (χ2v) is 9.29. The number of aryl methyl sites for hydroxylation is 2. The fraction of sp³-hybridized carbons (Fsp3) is 0.296. The first kappa shape index (κ1) is 24.9. The molecule has 1 aliphatic rings. The summed E-state index contributed by atoms with van der Waals surface area (Å²) in [4.78, 5) is 16.2. The van der Waals surface area contributed by atoms with Crippen molar-refractivity contribution in [3.63, 3.8) is 0 Å². The molecule has 0 amide bonds. The number of fused-ring (bicyclic) bond motifs is 3. The zero-order valence-corrected chi connectivity index (χ0v) is 21.7. The number of para-hydroxylation sites is 1. The highest BCUT2D eigenvalue weighted by Gasteiger charge is 2.35. The third-order valence-electron chi connectivity index (χ3n) is 6.69. The molecular weight excluding hydrogens is 496 g/mol. The van der Waals surface area contributed by atoms with Crippen molar-refractivity contribution in [3.05, 3.63) is 87.7 Å². The maximum atomic E-state index is 11.3. The van der Waals surface area contributed by atoms with E-state index < -0.39 is 18.2 Å². The van der Waals surface area contributed by atoms with E-state index in [9.17, 15) is 9.90 Å². The van der Waals surface area contributed by atoms with Crippen molar-refractivity contribution in [2.75, 3.05) is 14.2 Å². The predicted molar refractivity (Wildman–Crippen MR) is 137 cm³/mol. The number of carbonyl (C=O) groups is 1. The Kier molecular flexibility index (Phi) is 6.66. The minimum Gasteiger partial charge on any atom is -0.493 e. The monoisotopic (exact) mass is 522 g/mol. The van der Waals surface area contributed by atoms with E-state index in [4.69, 9.17) is 30.8 Å². The molecule has 2 atom stereocenters. The van der Waals surface area contributed by atoms with Crippen molar-refractivity contribution in [1.29, 1.82) is 0 Å². The third-order valence-corrected chi connectivity index (χ3v) is 6.92. The number of carboxylic acids is 1. The topological polar surface area (TPSA) is 101 Å². The molecule has 0 aliphatic carbocycles. The molecule has 0 unspecified atom stereocenters. The summed E-state index contributed by atoms with van der Waals surface area (Å²) in [6.07, 6.45) is 2.36. The normalized spacial score (nSPS) is 16.6. The number of halogens is 1. The SMILES string of the molecule is COc1cccc([C@H]2O[C@H](CCn3cc(C(=O)O)cn3)c3nc(C)c(C)n3-c3ccc(Cl)cc32)c1OC. The number of aromatic carboxylic acids is 1. The van der Waals surface area contributed by atoms with Crippen LogP contribution in [0.4, 0.5) is 0 Å². The number of carboxylic acid groups (broad SMARTS) is 1. The van der Waals surface area contributed by atoms with E-state index in [0.29, 0.717) is 29.5 Å². The van der Waals surface area contributed by atoms with Gasteiger partial charge in [0.25, 0.3) is 0 Å². The van der Waals surface area contributed by atoms with Crippen LogP contribution in [-0.4, -0.2) is 44.6 Å². The summed E-state index contributed by atoms with van der Waals surface area (Å²) in [7, 11) is 3.20. The van der Waals surface area contributed by atoms with Crippen LogP contribution in [0.25, 0.3) is 5.69 Å². The molecule has 192 valence electrons. The number of benzene rings is 2. The summed E-state index contributed by atoms with van der Waals surface area (Å²) in [6, 6.07) is 11.4. The minimum atomic E-state index is -1.02. The number of aromatic nitrogens is 4. The van der Waals surface area contributed by atoms with E-state index in [2.05, 4.69) is 9.67 Å². The van der Waals surface area contributed by atoms with Gasteiger partial charge in [0, 0.05) is 41.0 Å². The fourth-order valence-corrected chi connectivity index (χ4v) is 4.98. The van der Waals surface area contributed by atoms with Crippen LogP contribution < -0.4 is 9.47 Å². The molecule has 37 heavy (non-hydrogen) atoms. The van der Waals surface area contributed by atoms with Crippen molar-refractivity contribution in [1.82, 2.24) is 19.3 Å². The van der Waals surface area contributed by atoms with Crippen LogP contribution in [0.15, 0.2) is 48.8 Å². The van der Waals surface area contributed by atoms with Gasteiger partial charge in [-0.3, -0.25) is 9.25 Å². The van der Waals surface area contributed by atoms with E-state index in [1.165, 1.54) is 12.4 Å². The van der Waals surface area contributed by atoms with E-state index >= 15 is 0 Å². The number of rotatable bonds is 7. The zero-order valence-electron chi connectivity index (χ0n) is 20.9. The van der Waals surface area contributed by atoms with Gasteiger partial charge in [-0.05, 0) is 38.1 Å². The summed E-state index contributed by atoms with van der Waals surface area (Å²) in [5, 5.41) is 14.1. The maximum Gasteiger partial charge on any atom is 0.338 e. The molecule has 0 spiro atoms. The Labute approximate surface area is 219 Å². The predicted octanol–water partition coefficient (Wildman–Crippen LogP) is 5.31. The Hall–Kier alpha value is -3.82. The van der Waals surface area contributed by atoms with Crippen LogP contribution in [0, 0.1) is 13.8 Å².